The van der Waals surface area contributed by atoms with Crippen LogP contribution in [-0.2, 0) is 16.1 Å². The maximum atomic E-state index is 11.3. The van der Waals surface area contributed by atoms with Crippen molar-refractivity contribution in [3.63, 3.8) is 0 Å². The molecule has 1 saturated heterocycles. The zero-order valence-corrected chi connectivity index (χ0v) is 8.80. The molecule has 1 atom stereocenters. The van der Waals surface area contributed by atoms with E-state index in [0.717, 1.165) is 5.56 Å². The van der Waals surface area contributed by atoms with E-state index >= 15 is 0 Å². The lowest BCUT2D eigenvalue weighted by Crippen LogP contribution is -2.35. The third kappa shape index (κ3) is 2.28. The normalized spacial score (nSPS) is 21.2. The van der Waals surface area contributed by atoms with Gasteiger partial charge in [-0.15, -0.1) is 0 Å². The number of Topliss-reactive ketones (excluding diaryl/α,β-unsaturated/α-hetero) is 1. The molecule has 0 amide bonds. The molecule has 1 heterocycles. The number of nitrogens with zero attached hydrogens (tertiary/aromatic N) is 1. The average molecular weight is 219 g/mol. The summed E-state index contributed by atoms with van der Waals surface area (Å²) in [5.74, 6) is -0.912. The summed E-state index contributed by atoms with van der Waals surface area (Å²) in [5.41, 5.74) is 1.03. The molecule has 4 nitrogen and oxygen atoms in total. The summed E-state index contributed by atoms with van der Waals surface area (Å²) in [7, 11) is 0. The van der Waals surface area contributed by atoms with Crippen LogP contribution in [0.2, 0.25) is 0 Å². The van der Waals surface area contributed by atoms with E-state index in [1.165, 1.54) is 0 Å². The zero-order valence-electron chi connectivity index (χ0n) is 8.80. The second-order valence-electron chi connectivity index (χ2n) is 3.99. The first-order chi connectivity index (χ1) is 7.66. The molecule has 0 radical (unpaired) electrons. The van der Waals surface area contributed by atoms with Crippen molar-refractivity contribution in [1.82, 2.24) is 4.90 Å². The van der Waals surface area contributed by atoms with Crippen molar-refractivity contribution in [2.45, 2.75) is 19.0 Å². The summed E-state index contributed by atoms with van der Waals surface area (Å²) < 4.78 is 0. The molecule has 1 fully saturated rings. The van der Waals surface area contributed by atoms with Crippen LogP contribution in [0.15, 0.2) is 30.3 Å². The van der Waals surface area contributed by atoms with E-state index in [1.54, 1.807) is 4.90 Å². The minimum Gasteiger partial charge on any atom is -0.480 e. The van der Waals surface area contributed by atoms with Gasteiger partial charge in [-0.2, -0.15) is 0 Å². The molecule has 0 unspecified atom stereocenters. The number of carbonyl (C=O) groups excluding carboxylic acids is 1. The first-order valence-electron chi connectivity index (χ1n) is 5.19. The summed E-state index contributed by atoms with van der Waals surface area (Å²) in [5, 5.41) is 8.99. The highest BCUT2D eigenvalue weighted by Gasteiger charge is 2.35. The van der Waals surface area contributed by atoms with Crippen LogP contribution in [0.25, 0.3) is 0 Å². The van der Waals surface area contributed by atoms with Crippen molar-refractivity contribution >= 4 is 11.8 Å². The van der Waals surface area contributed by atoms with Crippen LogP contribution in [0, 0.1) is 0 Å². The molecule has 1 N–H and O–H groups in total. The smallest absolute Gasteiger partial charge is 0.321 e. The van der Waals surface area contributed by atoms with Crippen LogP contribution < -0.4 is 0 Å². The standard InChI is InChI=1S/C12H13NO3/c14-10-6-11(12(15)16)13(8-10)7-9-4-2-1-3-5-9/h1-5,11H,6-8H2,(H,15,16)/t11-/m1/s1. The zero-order chi connectivity index (χ0) is 11.5. The molecule has 84 valence electrons. The summed E-state index contributed by atoms with van der Waals surface area (Å²) in [6, 6.07) is 8.93. The highest BCUT2D eigenvalue weighted by Crippen LogP contribution is 2.17. The van der Waals surface area contributed by atoms with E-state index < -0.39 is 12.0 Å². The van der Waals surface area contributed by atoms with Gasteiger partial charge in [-0.25, -0.2) is 0 Å². The fourth-order valence-corrected chi connectivity index (χ4v) is 1.97. The quantitative estimate of drug-likeness (QED) is 0.821. The van der Waals surface area contributed by atoms with Gasteiger partial charge in [-0.1, -0.05) is 30.3 Å². The van der Waals surface area contributed by atoms with Gasteiger partial charge in [-0.05, 0) is 5.56 Å². The lowest BCUT2D eigenvalue weighted by molar-refractivity contribution is -0.142. The van der Waals surface area contributed by atoms with Crippen molar-refractivity contribution in [2.24, 2.45) is 0 Å². The molecule has 1 aromatic rings. The molecule has 4 heteroatoms. The number of hydrogen-bond acceptors (Lipinski definition) is 3. The number of carboxylic acid groups (broad SMARTS) is 1. The van der Waals surface area contributed by atoms with Gasteiger partial charge in [0.15, 0.2) is 0 Å². The van der Waals surface area contributed by atoms with Gasteiger partial charge < -0.3 is 5.11 Å². The molecule has 0 bridgehead atoms. The number of likely N-dealkylation sites (tertiary alicyclic amines) is 1. The number of carbonyl (C=O) groups is 2. The van der Waals surface area contributed by atoms with Crippen LogP contribution in [-0.4, -0.2) is 34.3 Å². The maximum absolute atomic E-state index is 11.3. The first kappa shape index (κ1) is 10.8. The fourth-order valence-electron chi connectivity index (χ4n) is 1.97. The Morgan fingerprint density at radius 2 is 2.06 bits per heavy atom. The Hall–Kier alpha value is -1.68. The van der Waals surface area contributed by atoms with Crippen LogP contribution in [0.1, 0.15) is 12.0 Å². The van der Waals surface area contributed by atoms with E-state index in [2.05, 4.69) is 0 Å². The first-order valence-corrected chi connectivity index (χ1v) is 5.19. The van der Waals surface area contributed by atoms with Gasteiger partial charge in [0.2, 0.25) is 0 Å². The van der Waals surface area contributed by atoms with Crippen molar-refractivity contribution in [2.75, 3.05) is 6.54 Å². The Bertz CT molecular complexity index is 402. The monoisotopic (exact) mass is 219 g/mol. The predicted molar refractivity (Wildman–Crippen MR) is 57.9 cm³/mol. The molecule has 0 spiro atoms. The lowest BCUT2D eigenvalue weighted by atomic mass is 10.2. The number of ketones is 1. The molecule has 2 rings (SSSR count). The second-order valence-corrected chi connectivity index (χ2v) is 3.99. The Morgan fingerprint density at radius 3 is 2.69 bits per heavy atom. The SMILES string of the molecule is O=C1C[C@H](C(=O)O)N(Cc2ccccc2)C1. The number of hydrogen-bond donors (Lipinski definition) is 1. The Morgan fingerprint density at radius 1 is 1.38 bits per heavy atom. The van der Waals surface area contributed by atoms with Crippen LogP contribution in [0.4, 0.5) is 0 Å². The van der Waals surface area contributed by atoms with Crippen molar-refractivity contribution in [1.29, 1.82) is 0 Å². The van der Waals surface area contributed by atoms with Crippen molar-refractivity contribution < 1.29 is 14.7 Å². The Balaban J connectivity index is 2.09. The molecule has 0 aliphatic carbocycles. The topological polar surface area (TPSA) is 57.6 Å². The summed E-state index contributed by atoms with van der Waals surface area (Å²) in [6.45, 7) is 0.759. The van der Waals surface area contributed by atoms with Crippen molar-refractivity contribution in [3.8, 4) is 0 Å². The van der Waals surface area contributed by atoms with E-state index in [4.69, 9.17) is 5.11 Å². The highest BCUT2D eigenvalue weighted by molar-refractivity contribution is 5.90. The molecule has 1 aliphatic heterocycles. The van der Waals surface area contributed by atoms with E-state index in [0.29, 0.717) is 6.54 Å². The van der Waals surface area contributed by atoms with Gasteiger partial charge in [0.25, 0.3) is 0 Å². The average Bonchev–Trinajstić information content (AvgIpc) is 2.61. The largest absolute Gasteiger partial charge is 0.480 e. The van der Waals surface area contributed by atoms with Gasteiger partial charge >= 0.3 is 5.97 Å². The number of rotatable bonds is 3. The maximum Gasteiger partial charge on any atom is 0.321 e. The third-order valence-electron chi connectivity index (χ3n) is 2.75. The molecule has 0 aromatic heterocycles. The Labute approximate surface area is 93.5 Å². The molecule has 0 saturated carbocycles. The van der Waals surface area contributed by atoms with Gasteiger partial charge in [0.1, 0.15) is 11.8 Å². The van der Waals surface area contributed by atoms with Gasteiger partial charge in [-0.3, -0.25) is 14.5 Å². The minimum absolute atomic E-state index is 0.00308. The van der Waals surface area contributed by atoms with Crippen molar-refractivity contribution in [3.05, 3.63) is 35.9 Å². The van der Waals surface area contributed by atoms with Gasteiger partial charge in [0, 0.05) is 13.0 Å². The lowest BCUT2D eigenvalue weighted by Gasteiger charge is -2.19. The van der Waals surface area contributed by atoms with Crippen LogP contribution in [0.5, 0.6) is 0 Å². The van der Waals surface area contributed by atoms with Crippen LogP contribution in [0.3, 0.4) is 0 Å². The van der Waals surface area contributed by atoms with Crippen LogP contribution >= 0.6 is 0 Å². The summed E-state index contributed by atoms with van der Waals surface area (Å²) in [4.78, 5) is 23.9. The molecular formula is C12H13NO3. The summed E-state index contributed by atoms with van der Waals surface area (Å²) in [6.07, 6.45) is 0.127. The molecule has 1 aliphatic rings. The van der Waals surface area contributed by atoms with E-state index in [-0.39, 0.29) is 18.7 Å². The summed E-state index contributed by atoms with van der Waals surface area (Å²) >= 11 is 0. The Kier molecular flexibility index (Phi) is 3.01. The second kappa shape index (κ2) is 4.45. The number of benzene rings is 1. The van der Waals surface area contributed by atoms with E-state index in [9.17, 15) is 9.59 Å². The molecule has 1 aromatic carbocycles. The van der Waals surface area contributed by atoms with E-state index in [1.807, 2.05) is 30.3 Å². The number of aliphatic carboxylic acids is 1. The third-order valence-corrected chi connectivity index (χ3v) is 2.75. The predicted octanol–water partition coefficient (Wildman–Crippen LogP) is 0.915. The minimum atomic E-state index is -0.915. The van der Waals surface area contributed by atoms with Gasteiger partial charge in [0.05, 0.1) is 6.54 Å². The number of carboxylic acids is 1. The molecule has 16 heavy (non-hydrogen) atoms. The fraction of sp³-hybridized carbons (Fsp3) is 0.333. The highest BCUT2D eigenvalue weighted by atomic mass is 16.4. The molecular weight excluding hydrogens is 206 g/mol.